The van der Waals surface area contributed by atoms with Crippen molar-refractivity contribution in [2.24, 2.45) is 0 Å². The topological polar surface area (TPSA) is 51.6 Å². The first-order chi connectivity index (χ1) is 20.3. The summed E-state index contributed by atoms with van der Waals surface area (Å²) < 4.78 is 13.7. The number of ether oxygens (including phenoxy) is 2. The van der Waals surface area contributed by atoms with Crippen LogP contribution in [0.15, 0.2) is 97.2 Å². The summed E-state index contributed by atoms with van der Waals surface area (Å²) in [5, 5.41) is 4.25. The highest BCUT2D eigenvalue weighted by Crippen LogP contribution is 2.44. The fourth-order valence-corrected chi connectivity index (χ4v) is 6.31. The molecule has 0 bridgehead atoms. The number of aromatic nitrogens is 2. The largest absolute Gasteiger partial charge is 0.497 e. The summed E-state index contributed by atoms with van der Waals surface area (Å²) in [6.07, 6.45) is 1.84. The molecule has 2 atom stereocenters. The lowest BCUT2D eigenvalue weighted by Crippen LogP contribution is -2.29. The van der Waals surface area contributed by atoms with Crippen LogP contribution in [0.2, 0.25) is 0 Å². The molecule has 0 unspecified atom stereocenters. The summed E-state index contributed by atoms with van der Waals surface area (Å²) in [7, 11) is 1.65. The van der Waals surface area contributed by atoms with E-state index in [1.165, 1.54) is 33.8 Å². The summed E-state index contributed by atoms with van der Waals surface area (Å²) in [6, 6.07) is 30.4. The number of benzene rings is 3. The van der Waals surface area contributed by atoms with Gasteiger partial charge in [-0.15, -0.1) is 0 Å². The average Bonchev–Trinajstić information content (AvgIpc) is 3.48. The summed E-state index contributed by atoms with van der Waals surface area (Å²) in [6.45, 7) is 8.65. The lowest BCUT2D eigenvalue weighted by Gasteiger charge is -2.28. The van der Waals surface area contributed by atoms with Crippen LogP contribution in [-0.4, -0.2) is 21.8 Å². The van der Waals surface area contributed by atoms with Gasteiger partial charge in [-0.1, -0.05) is 12.1 Å². The van der Waals surface area contributed by atoms with E-state index in [0.29, 0.717) is 5.11 Å². The fraction of sp³-hybridized carbons (Fsp3) is 0.200. The number of hydrogen-bond donors (Lipinski definition) is 1. The Morgan fingerprint density at radius 1 is 0.762 bits per heavy atom. The van der Waals surface area contributed by atoms with E-state index in [2.05, 4.69) is 84.9 Å². The van der Waals surface area contributed by atoms with E-state index in [-0.39, 0.29) is 12.1 Å². The number of nitrogens with zero attached hydrogens (tertiary/aromatic N) is 3. The van der Waals surface area contributed by atoms with Crippen LogP contribution in [0, 0.1) is 27.7 Å². The number of rotatable bonds is 7. The standard InChI is InChI=1S/C35H34N4O2S/c1-22-18-23(2)20-27(19-22)38-24(3)21-31(25(38)4)34-33(32-8-6-7-17-36-32)37-35(42)39(34)26-9-11-29(12-10-26)41-30-15-13-28(40-5)14-16-30/h6-21,33-34H,1-5H3,(H,37,42)/t33-,34-/m0/s1. The predicted molar refractivity (Wildman–Crippen MR) is 172 cm³/mol. The molecule has 1 N–H and O–H groups in total. The first kappa shape index (κ1) is 27.5. The van der Waals surface area contributed by atoms with Gasteiger partial charge in [0.05, 0.1) is 24.9 Å². The zero-order valence-electron chi connectivity index (χ0n) is 24.5. The van der Waals surface area contributed by atoms with E-state index in [4.69, 9.17) is 26.7 Å². The van der Waals surface area contributed by atoms with Crippen molar-refractivity contribution in [1.29, 1.82) is 0 Å². The third-order valence-corrected chi connectivity index (χ3v) is 8.08. The van der Waals surface area contributed by atoms with Gasteiger partial charge in [-0.05, 0) is 135 Å². The number of nitrogens with one attached hydrogen (secondary N) is 1. The van der Waals surface area contributed by atoms with Gasteiger partial charge >= 0.3 is 0 Å². The highest BCUT2D eigenvalue weighted by molar-refractivity contribution is 7.80. The monoisotopic (exact) mass is 574 g/mol. The number of methoxy groups -OCH3 is 1. The van der Waals surface area contributed by atoms with Gasteiger partial charge in [0.15, 0.2) is 5.11 Å². The molecule has 0 saturated carbocycles. The zero-order valence-corrected chi connectivity index (χ0v) is 25.3. The van der Waals surface area contributed by atoms with Gasteiger partial charge in [0.2, 0.25) is 0 Å². The zero-order chi connectivity index (χ0) is 29.4. The van der Waals surface area contributed by atoms with E-state index in [0.717, 1.165) is 28.6 Å². The Bertz CT molecular complexity index is 1710. The number of hydrogen-bond acceptors (Lipinski definition) is 4. The van der Waals surface area contributed by atoms with Crippen LogP contribution in [0.4, 0.5) is 5.69 Å². The number of pyridine rings is 1. The summed E-state index contributed by atoms with van der Waals surface area (Å²) in [4.78, 5) is 6.94. The Morgan fingerprint density at radius 3 is 2.02 bits per heavy atom. The highest BCUT2D eigenvalue weighted by Gasteiger charge is 2.42. The molecule has 7 heteroatoms. The number of thiocarbonyl (C=S) groups is 1. The third-order valence-electron chi connectivity index (χ3n) is 7.76. The molecule has 0 amide bonds. The second-order valence-electron chi connectivity index (χ2n) is 10.8. The van der Waals surface area contributed by atoms with Gasteiger partial charge in [-0.25, -0.2) is 0 Å². The Hall–Kier alpha value is -4.62. The van der Waals surface area contributed by atoms with Crippen LogP contribution in [0.5, 0.6) is 17.2 Å². The minimum absolute atomic E-state index is 0.105. The van der Waals surface area contributed by atoms with Crippen molar-refractivity contribution in [2.45, 2.75) is 39.8 Å². The summed E-state index contributed by atoms with van der Waals surface area (Å²) in [5.41, 5.74) is 9.14. The molecule has 0 aliphatic carbocycles. The van der Waals surface area contributed by atoms with Gasteiger partial charge in [-0.3, -0.25) is 4.98 Å². The van der Waals surface area contributed by atoms with Crippen LogP contribution < -0.4 is 19.7 Å². The van der Waals surface area contributed by atoms with Crippen molar-refractivity contribution < 1.29 is 9.47 Å². The number of anilines is 1. The van der Waals surface area contributed by atoms with Crippen molar-refractivity contribution >= 4 is 23.0 Å². The minimum atomic E-state index is -0.123. The van der Waals surface area contributed by atoms with Crippen molar-refractivity contribution in [2.75, 3.05) is 12.0 Å². The molecule has 2 aromatic heterocycles. The molecule has 1 fully saturated rings. The molecule has 6 nitrogen and oxygen atoms in total. The predicted octanol–water partition coefficient (Wildman–Crippen LogP) is 8.08. The Kier molecular flexibility index (Phi) is 7.43. The first-order valence-corrected chi connectivity index (χ1v) is 14.4. The van der Waals surface area contributed by atoms with Crippen LogP contribution in [0.25, 0.3) is 5.69 Å². The Balaban J connectivity index is 1.39. The van der Waals surface area contributed by atoms with E-state index >= 15 is 0 Å². The molecule has 3 aromatic carbocycles. The fourth-order valence-electron chi connectivity index (χ4n) is 5.97. The van der Waals surface area contributed by atoms with Gasteiger partial charge in [0.1, 0.15) is 17.2 Å². The van der Waals surface area contributed by atoms with Crippen molar-refractivity contribution in [3.63, 3.8) is 0 Å². The van der Waals surface area contributed by atoms with Crippen LogP contribution >= 0.6 is 12.2 Å². The highest BCUT2D eigenvalue weighted by atomic mass is 32.1. The van der Waals surface area contributed by atoms with Crippen molar-refractivity contribution in [1.82, 2.24) is 14.9 Å². The molecular weight excluding hydrogens is 540 g/mol. The van der Waals surface area contributed by atoms with Crippen LogP contribution in [0.1, 0.15) is 45.9 Å². The molecule has 5 aromatic rings. The van der Waals surface area contributed by atoms with E-state index in [9.17, 15) is 0 Å². The van der Waals surface area contributed by atoms with Crippen LogP contribution in [0.3, 0.4) is 0 Å². The maximum absolute atomic E-state index is 6.09. The average molecular weight is 575 g/mol. The molecule has 3 heterocycles. The minimum Gasteiger partial charge on any atom is -0.497 e. The Morgan fingerprint density at radius 2 is 1.40 bits per heavy atom. The van der Waals surface area contributed by atoms with Gasteiger partial charge in [-0.2, -0.15) is 0 Å². The molecule has 1 saturated heterocycles. The number of aryl methyl sites for hydroxylation is 3. The molecule has 1 aliphatic heterocycles. The van der Waals surface area contributed by atoms with Crippen molar-refractivity contribution in [3.05, 3.63) is 131 Å². The molecule has 0 radical (unpaired) electrons. The molecular formula is C35H34N4O2S. The maximum Gasteiger partial charge on any atom is 0.174 e. The smallest absolute Gasteiger partial charge is 0.174 e. The molecule has 212 valence electrons. The molecule has 42 heavy (non-hydrogen) atoms. The SMILES string of the molecule is COc1ccc(Oc2ccc(N3C(=S)N[C@@H](c4ccccn4)[C@@H]3c3cc(C)n(-c4cc(C)cc(C)c4)c3C)cc2)cc1. The van der Waals surface area contributed by atoms with E-state index in [1.807, 2.05) is 54.7 Å². The molecule has 1 aliphatic rings. The molecule has 0 spiro atoms. The van der Waals surface area contributed by atoms with E-state index < -0.39 is 0 Å². The normalized spacial score (nSPS) is 16.4. The third kappa shape index (κ3) is 5.23. The van der Waals surface area contributed by atoms with Crippen LogP contribution in [-0.2, 0) is 0 Å². The van der Waals surface area contributed by atoms with Gasteiger partial charge < -0.3 is 24.3 Å². The van der Waals surface area contributed by atoms with Gasteiger partial charge in [0, 0.05) is 29.0 Å². The maximum atomic E-state index is 6.09. The molecule has 6 rings (SSSR count). The second kappa shape index (κ2) is 11.3. The second-order valence-corrected chi connectivity index (χ2v) is 11.2. The quantitative estimate of drug-likeness (QED) is 0.198. The lowest BCUT2D eigenvalue weighted by molar-refractivity contribution is 0.413. The van der Waals surface area contributed by atoms with Crippen molar-refractivity contribution in [3.8, 4) is 22.9 Å². The first-order valence-electron chi connectivity index (χ1n) is 14.0. The summed E-state index contributed by atoms with van der Waals surface area (Å²) in [5.74, 6) is 2.28. The van der Waals surface area contributed by atoms with Gasteiger partial charge in [0.25, 0.3) is 0 Å². The van der Waals surface area contributed by atoms with E-state index in [1.54, 1.807) is 7.11 Å². The lowest BCUT2D eigenvalue weighted by atomic mass is 9.96. The summed E-state index contributed by atoms with van der Waals surface area (Å²) >= 11 is 5.99. The Labute approximate surface area is 252 Å².